The zero-order chi connectivity index (χ0) is 18.1. The lowest BCUT2D eigenvalue weighted by Crippen LogP contribution is -2.40. The van der Waals surface area contributed by atoms with Crippen molar-refractivity contribution < 1.29 is 4.79 Å². The van der Waals surface area contributed by atoms with Gasteiger partial charge in [0.2, 0.25) is 0 Å². The van der Waals surface area contributed by atoms with E-state index in [4.69, 9.17) is 0 Å². The average molecular weight is 343 g/mol. The van der Waals surface area contributed by atoms with Gasteiger partial charge in [0.1, 0.15) is 11.5 Å². The fourth-order valence-corrected chi connectivity index (χ4v) is 3.68. The molecule has 0 bridgehead atoms. The molecule has 0 aliphatic carbocycles. The normalized spacial score (nSPS) is 18.2. The Labute approximate surface area is 149 Å². The molecule has 1 saturated heterocycles. The Balaban J connectivity index is 1.81. The minimum absolute atomic E-state index is 0.0943. The van der Waals surface area contributed by atoms with Gasteiger partial charge in [0.15, 0.2) is 0 Å². The van der Waals surface area contributed by atoms with Crippen molar-refractivity contribution in [2.75, 3.05) is 13.1 Å². The second-order valence-electron chi connectivity index (χ2n) is 7.37. The van der Waals surface area contributed by atoms with Crippen LogP contribution < -0.4 is 0 Å². The maximum Gasteiger partial charge on any atom is 0.272 e. The third-order valence-corrected chi connectivity index (χ3v) is 5.02. The van der Waals surface area contributed by atoms with E-state index in [9.17, 15) is 4.79 Å². The topological polar surface area (TPSA) is 56.0 Å². The summed E-state index contributed by atoms with van der Waals surface area (Å²) in [7, 11) is 2.04. The molecule has 6 heteroatoms. The average Bonchev–Trinajstić information content (AvgIpc) is 3.17. The lowest BCUT2D eigenvalue weighted by atomic mass is 9.97. The first-order valence-corrected chi connectivity index (χ1v) is 9.27. The van der Waals surface area contributed by atoms with Crippen LogP contribution in [0.15, 0.2) is 12.3 Å². The van der Waals surface area contributed by atoms with Gasteiger partial charge in [-0.15, -0.1) is 0 Å². The number of aryl methyl sites for hydroxylation is 3. The Hall–Kier alpha value is -2.11. The monoisotopic (exact) mass is 343 g/mol. The van der Waals surface area contributed by atoms with Crippen molar-refractivity contribution >= 4 is 5.91 Å². The first-order chi connectivity index (χ1) is 11.9. The first kappa shape index (κ1) is 17.7. The van der Waals surface area contributed by atoms with Crippen molar-refractivity contribution in [3.63, 3.8) is 0 Å². The molecule has 0 saturated carbocycles. The zero-order valence-corrected chi connectivity index (χ0v) is 16.0. The molecule has 136 valence electrons. The van der Waals surface area contributed by atoms with Gasteiger partial charge in [0, 0.05) is 38.8 Å². The van der Waals surface area contributed by atoms with Crippen LogP contribution in [0.4, 0.5) is 0 Å². The quantitative estimate of drug-likeness (QED) is 0.857. The summed E-state index contributed by atoms with van der Waals surface area (Å²) in [6.07, 6.45) is 4.15. The van der Waals surface area contributed by atoms with Gasteiger partial charge in [-0.05, 0) is 38.7 Å². The Morgan fingerprint density at radius 2 is 2.16 bits per heavy atom. The maximum atomic E-state index is 13.1. The van der Waals surface area contributed by atoms with Crippen LogP contribution in [0.1, 0.15) is 73.1 Å². The minimum Gasteiger partial charge on any atom is -0.337 e. The van der Waals surface area contributed by atoms with Gasteiger partial charge in [0.05, 0.1) is 11.4 Å². The number of rotatable bonds is 4. The van der Waals surface area contributed by atoms with Crippen LogP contribution in [0.5, 0.6) is 0 Å². The van der Waals surface area contributed by atoms with E-state index in [1.807, 2.05) is 36.5 Å². The number of hydrogen-bond acceptors (Lipinski definition) is 3. The predicted octanol–water partition coefficient (Wildman–Crippen LogP) is 3.09. The number of carbonyl (C=O) groups excluding carboxylic acids is 1. The van der Waals surface area contributed by atoms with E-state index in [1.165, 1.54) is 0 Å². The van der Waals surface area contributed by atoms with Crippen molar-refractivity contribution in [1.29, 1.82) is 0 Å². The number of nitrogens with zero attached hydrogens (tertiary/aromatic N) is 5. The van der Waals surface area contributed by atoms with E-state index in [0.29, 0.717) is 24.1 Å². The second-order valence-corrected chi connectivity index (χ2v) is 7.37. The van der Waals surface area contributed by atoms with E-state index in [1.54, 1.807) is 0 Å². The highest BCUT2D eigenvalue weighted by molar-refractivity contribution is 5.92. The third-order valence-electron chi connectivity index (χ3n) is 5.02. The van der Waals surface area contributed by atoms with E-state index in [2.05, 4.69) is 34.7 Å². The Morgan fingerprint density at radius 1 is 1.40 bits per heavy atom. The molecule has 0 N–H and O–H groups in total. The number of hydrogen-bond donors (Lipinski definition) is 0. The number of piperidine rings is 1. The molecule has 1 aliphatic heterocycles. The summed E-state index contributed by atoms with van der Waals surface area (Å²) in [4.78, 5) is 19.8. The highest BCUT2D eigenvalue weighted by Gasteiger charge is 2.29. The van der Waals surface area contributed by atoms with Gasteiger partial charge < -0.3 is 9.47 Å². The number of carbonyl (C=O) groups is 1. The molecule has 3 heterocycles. The van der Waals surface area contributed by atoms with Crippen LogP contribution in [-0.2, 0) is 13.6 Å². The largest absolute Gasteiger partial charge is 0.337 e. The number of likely N-dealkylation sites (tertiary alicyclic amines) is 1. The number of imidazole rings is 1. The van der Waals surface area contributed by atoms with E-state index >= 15 is 0 Å². The van der Waals surface area contributed by atoms with Crippen molar-refractivity contribution in [2.45, 2.75) is 58.9 Å². The van der Waals surface area contributed by atoms with Gasteiger partial charge in [-0.2, -0.15) is 5.10 Å². The molecular weight excluding hydrogens is 314 g/mol. The Morgan fingerprint density at radius 3 is 2.76 bits per heavy atom. The van der Waals surface area contributed by atoms with Crippen molar-refractivity contribution in [3.05, 3.63) is 35.2 Å². The van der Waals surface area contributed by atoms with Crippen molar-refractivity contribution in [3.8, 4) is 0 Å². The first-order valence-electron chi connectivity index (χ1n) is 9.27. The van der Waals surface area contributed by atoms with Gasteiger partial charge in [-0.3, -0.25) is 9.48 Å². The highest BCUT2D eigenvalue weighted by Crippen LogP contribution is 2.27. The SMILES string of the molecule is CCn1nc(C(C)C)cc1C(=O)N1CCCC(c2nc(C)cn2C)C1. The number of aromatic nitrogens is 4. The summed E-state index contributed by atoms with van der Waals surface area (Å²) in [6.45, 7) is 10.5. The van der Waals surface area contributed by atoms with Crippen molar-refractivity contribution in [2.24, 2.45) is 7.05 Å². The second kappa shape index (κ2) is 7.02. The number of amides is 1. The molecule has 1 unspecified atom stereocenters. The molecule has 0 radical (unpaired) electrons. The lowest BCUT2D eigenvalue weighted by Gasteiger charge is -2.32. The van der Waals surface area contributed by atoms with E-state index in [-0.39, 0.29) is 5.91 Å². The summed E-state index contributed by atoms with van der Waals surface area (Å²) < 4.78 is 3.94. The Kier molecular flexibility index (Phi) is 4.97. The summed E-state index contributed by atoms with van der Waals surface area (Å²) in [5, 5.41) is 4.59. The molecule has 3 rings (SSSR count). The molecule has 1 atom stereocenters. The third kappa shape index (κ3) is 3.48. The molecule has 1 aliphatic rings. The molecule has 1 fully saturated rings. The smallest absolute Gasteiger partial charge is 0.272 e. The van der Waals surface area contributed by atoms with Crippen LogP contribution in [0, 0.1) is 6.92 Å². The van der Waals surface area contributed by atoms with Crippen LogP contribution >= 0.6 is 0 Å². The molecule has 6 nitrogen and oxygen atoms in total. The van der Waals surface area contributed by atoms with Crippen LogP contribution in [-0.4, -0.2) is 43.2 Å². The molecule has 1 amide bonds. The fraction of sp³-hybridized carbons (Fsp3) is 0.632. The molecule has 2 aromatic rings. The van der Waals surface area contributed by atoms with E-state index < -0.39 is 0 Å². The zero-order valence-electron chi connectivity index (χ0n) is 16.0. The molecule has 0 spiro atoms. The summed E-state index contributed by atoms with van der Waals surface area (Å²) in [6, 6.07) is 1.96. The standard InChI is InChI=1S/C19H29N5O/c1-6-24-17(10-16(21-24)13(2)3)19(25)23-9-7-8-15(12-23)18-20-14(4)11-22(18)5/h10-11,13,15H,6-9,12H2,1-5H3. The van der Waals surface area contributed by atoms with Gasteiger partial charge >= 0.3 is 0 Å². The highest BCUT2D eigenvalue weighted by atomic mass is 16.2. The molecular formula is C19H29N5O. The molecule has 2 aromatic heterocycles. The van der Waals surface area contributed by atoms with Crippen molar-refractivity contribution in [1.82, 2.24) is 24.2 Å². The molecule has 0 aromatic carbocycles. The summed E-state index contributed by atoms with van der Waals surface area (Å²) >= 11 is 0. The van der Waals surface area contributed by atoms with E-state index in [0.717, 1.165) is 43.1 Å². The van der Waals surface area contributed by atoms with Crippen LogP contribution in [0.25, 0.3) is 0 Å². The predicted molar refractivity (Wildman–Crippen MR) is 97.8 cm³/mol. The summed E-state index contributed by atoms with van der Waals surface area (Å²) in [5.41, 5.74) is 2.73. The van der Waals surface area contributed by atoms with Gasteiger partial charge in [0.25, 0.3) is 5.91 Å². The minimum atomic E-state index is 0.0943. The fourth-order valence-electron chi connectivity index (χ4n) is 3.68. The maximum absolute atomic E-state index is 13.1. The Bertz CT molecular complexity index is 758. The summed E-state index contributed by atoms with van der Waals surface area (Å²) in [5.74, 6) is 1.81. The van der Waals surface area contributed by atoms with Gasteiger partial charge in [-0.25, -0.2) is 4.98 Å². The van der Waals surface area contributed by atoms with Gasteiger partial charge in [-0.1, -0.05) is 13.8 Å². The lowest BCUT2D eigenvalue weighted by molar-refractivity contribution is 0.0691. The van der Waals surface area contributed by atoms with Crippen LogP contribution in [0.3, 0.4) is 0 Å². The van der Waals surface area contributed by atoms with Crippen LogP contribution in [0.2, 0.25) is 0 Å². The molecule has 25 heavy (non-hydrogen) atoms.